The summed E-state index contributed by atoms with van der Waals surface area (Å²) in [6, 6.07) is 10.0. The van der Waals surface area contributed by atoms with Crippen molar-refractivity contribution in [3.63, 3.8) is 0 Å². The van der Waals surface area contributed by atoms with E-state index in [0.29, 0.717) is 22.0 Å². The van der Waals surface area contributed by atoms with Gasteiger partial charge in [-0.15, -0.1) is 0 Å². The van der Waals surface area contributed by atoms with Crippen molar-refractivity contribution in [3.05, 3.63) is 52.5 Å². The SMILES string of the molecule is COc1cc(C)c(S(=O)(=O)Nc2cccc(Cl)c2)cc1C(C)C. The maximum atomic E-state index is 12.7. The number of hydrogen-bond donors (Lipinski definition) is 1. The van der Waals surface area contributed by atoms with Gasteiger partial charge in [0.05, 0.1) is 17.7 Å². The second-order valence-electron chi connectivity index (χ2n) is 5.63. The van der Waals surface area contributed by atoms with Crippen LogP contribution in [-0.2, 0) is 10.0 Å². The fourth-order valence-electron chi connectivity index (χ4n) is 2.36. The number of aryl methyl sites for hydroxylation is 1. The zero-order valence-corrected chi connectivity index (χ0v) is 15.1. The average Bonchev–Trinajstić information content (AvgIpc) is 2.45. The number of sulfonamides is 1. The third-order valence-electron chi connectivity index (χ3n) is 3.52. The van der Waals surface area contributed by atoms with Gasteiger partial charge in [0.2, 0.25) is 0 Å². The highest BCUT2D eigenvalue weighted by molar-refractivity contribution is 7.92. The second kappa shape index (κ2) is 6.81. The van der Waals surface area contributed by atoms with Gasteiger partial charge in [0.1, 0.15) is 5.75 Å². The lowest BCUT2D eigenvalue weighted by Gasteiger charge is -2.17. The molecule has 0 spiro atoms. The molecule has 1 N–H and O–H groups in total. The van der Waals surface area contributed by atoms with Gasteiger partial charge in [0, 0.05) is 5.02 Å². The van der Waals surface area contributed by atoms with Crippen molar-refractivity contribution >= 4 is 27.3 Å². The minimum absolute atomic E-state index is 0.144. The molecule has 23 heavy (non-hydrogen) atoms. The van der Waals surface area contributed by atoms with Crippen molar-refractivity contribution in [2.24, 2.45) is 0 Å². The van der Waals surface area contributed by atoms with E-state index in [-0.39, 0.29) is 10.8 Å². The number of ether oxygens (including phenoxy) is 1. The third-order valence-corrected chi connectivity index (χ3v) is 5.27. The van der Waals surface area contributed by atoms with Crippen LogP contribution in [0.15, 0.2) is 41.3 Å². The molecule has 0 heterocycles. The van der Waals surface area contributed by atoms with Gasteiger partial charge in [-0.25, -0.2) is 8.42 Å². The minimum Gasteiger partial charge on any atom is -0.496 e. The van der Waals surface area contributed by atoms with E-state index < -0.39 is 10.0 Å². The summed E-state index contributed by atoms with van der Waals surface area (Å²) in [6.45, 7) is 5.74. The lowest BCUT2D eigenvalue weighted by Crippen LogP contribution is -2.15. The summed E-state index contributed by atoms with van der Waals surface area (Å²) >= 11 is 5.91. The second-order valence-corrected chi connectivity index (χ2v) is 7.72. The van der Waals surface area contributed by atoms with E-state index in [1.165, 1.54) is 0 Å². The number of rotatable bonds is 5. The quantitative estimate of drug-likeness (QED) is 0.855. The van der Waals surface area contributed by atoms with Gasteiger partial charge in [0.25, 0.3) is 10.0 Å². The molecule has 0 saturated carbocycles. The van der Waals surface area contributed by atoms with Gasteiger partial charge in [-0.05, 0) is 54.3 Å². The van der Waals surface area contributed by atoms with Gasteiger partial charge < -0.3 is 4.74 Å². The average molecular weight is 354 g/mol. The van der Waals surface area contributed by atoms with Crippen molar-refractivity contribution in [1.82, 2.24) is 0 Å². The summed E-state index contributed by atoms with van der Waals surface area (Å²) in [7, 11) is -2.12. The highest BCUT2D eigenvalue weighted by Crippen LogP contribution is 2.32. The molecule has 0 fully saturated rings. The van der Waals surface area contributed by atoms with Crippen LogP contribution in [0, 0.1) is 6.92 Å². The number of hydrogen-bond acceptors (Lipinski definition) is 3. The summed E-state index contributed by atoms with van der Waals surface area (Å²) in [4.78, 5) is 0.238. The molecule has 0 radical (unpaired) electrons. The molecule has 0 aliphatic heterocycles. The van der Waals surface area contributed by atoms with E-state index in [4.69, 9.17) is 16.3 Å². The molecule has 6 heteroatoms. The third kappa shape index (κ3) is 3.98. The first-order valence-electron chi connectivity index (χ1n) is 7.21. The molecular formula is C17H20ClNO3S. The Morgan fingerprint density at radius 3 is 2.43 bits per heavy atom. The predicted octanol–water partition coefficient (Wildman–Crippen LogP) is 4.58. The molecule has 0 amide bonds. The van der Waals surface area contributed by atoms with Crippen LogP contribution in [0.5, 0.6) is 5.75 Å². The Kier molecular flexibility index (Phi) is 5.22. The smallest absolute Gasteiger partial charge is 0.262 e. The summed E-state index contributed by atoms with van der Waals surface area (Å²) in [5.41, 5.74) is 1.91. The fourth-order valence-corrected chi connectivity index (χ4v) is 3.86. The molecule has 0 aliphatic rings. The molecule has 4 nitrogen and oxygen atoms in total. The molecule has 0 aromatic heterocycles. The van der Waals surface area contributed by atoms with Gasteiger partial charge >= 0.3 is 0 Å². The van der Waals surface area contributed by atoms with E-state index in [2.05, 4.69) is 4.72 Å². The number of benzene rings is 2. The molecular weight excluding hydrogens is 334 g/mol. The normalized spacial score (nSPS) is 11.6. The Balaban J connectivity index is 2.49. The molecule has 2 aromatic rings. The van der Waals surface area contributed by atoms with Crippen LogP contribution in [0.2, 0.25) is 5.02 Å². The molecule has 0 saturated heterocycles. The Labute approximate surface area is 142 Å². The van der Waals surface area contributed by atoms with Gasteiger partial charge in [-0.2, -0.15) is 0 Å². The Morgan fingerprint density at radius 2 is 1.87 bits per heavy atom. The van der Waals surface area contributed by atoms with Crippen LogP contribution in [0.4, 0.5) is 5.69 Å². The largest absolute Gasteiger partial charge is 0.496 e. The first-order valence-corrected chi connectivity index (χ1v) is 9.07. The topological polar surface area (TPSA) is 55.4 Å². The highest BCUT2D eigenvalue weighted by atomic mass is 35.5. The van der Waals surface area contributed by atoms with E-state index in [9.17, 15) is 8.42 Å². The summed E-state index contributed by atoms with van der Waals surface area (Å²) in [5.74, 6) is 0.838. The molecule has 0 bridgehead atoms. The van der Waals surface area contributed by atoms with Crippen molar-refractivity contribution in [2.75, 3.05) is 11.8 Å². The van der Waals surface area contributed by atoms with Gasteiger partial charge in [-0.3, -0.25) is 4.72 Å². The van der Waals surface area contributed by atoms with Gasteiger partial charge in [0.15, 0.2) is 0 Å². The highest BCUT2D eigenvalue weighted by Gasteiger charge is 2.21. The zero-order chi connectivity index (χ0) is 17.2. The van der Waals surface area contributed by atoms with Crippen LogP contribution in [0.25, 0.3) is 0 Å². The summed E-state index contributed by atoms with van der Waals surface area (Å²) in [6.07, 6.45) is 0. The first kappa shape index (κ1) is 17.6. The van der Waals surface area contributed by atoms with Crippen molar-refractivity contribution in [3.8, 4) is 5.75 Å². The maximum Gasteiger partial charge on any atom is 0.262 e. The fraction of sp³-hybridized carbons (Fsp3) is 0.294. The molecule has 124 valence electrons. The predicted molar refractivity (Wildman–Crippen MR) is 94.1 cm³/mol. The van der Waals surface area contributed by atoms with E-state index in [1.54, 1.807) is 50.4 Å². The van der Waals surface area contributed by atoms with E-state index >= 15 is 0 Å². The molecule has 0 unspecified atom stereocenters. The van der Waals surface area contributed by atoms with Crippen LogP contribution in [0.3, 0.4) is 0 Å². The number of anilines is 1. The lowest BCUT2D eigenvalue weighted by atomic mass is 10.0. The number of halogens is 1. The standard InChI is InChI=1S/C17H20ClNO3S/c1-11(2)15-10-17(12(3)8-16(15)22-4)23(20,21)19-14-7-5-6-13(18)9-14/h5-11,19H,1-4H3. The zero-order valence-electron chi connectivity index (χ0n) is 13.6. The van der Waals surface area contributed by atoms with Crippen LogP contribution >= 0.6 is 11.6 Å². The van der Waals surface area contributed by atoms with Crippen molar-refractivity contribution < 1.29 is 13.2 Å². The van der Waals surface area contributed by atoms with E-state index in [1.807, 2.05) is 13.8 Å². The molecule has 0 aliphatic carbocycles. The Hall–Kier alpha value is -1.72. The van der Waals surface area contributed by atoms with Crippen LogP contribution < -0.4 is 9.46 Å². The van der Waals surface area contributed by atoms with Crippen molar-refractivity contribution in [2.45, 2.75) is 31.6 Å². The maximum absolute atomic E-state index is 12.7. The van der Waals surface area contributed by atoms with E-state index in [0.717, 1.165) is 5.56 Å². The minimum atomic E-state index is -3.71. The Morgan fingerprint density at radius 1 is 1.17 bits per heavy atom. The molecule has 2 rings (SSSR count). The van der Waals surface area contributed by atoms with Crippen LogP contribution in [0.1, 0.15) is 30.9 Å². The summed E-state index contributed by atoms with van der Waals surface area (Å²) in [5, 5.41) is 0.472. The molecule has 0 atom stereocenters. The monoisotopic (exact) mass is 353 g/mol. The Bertz CT molecular complexity index is 817. The molecule has 2 aromatic carbocycles. The number of nitrogens with one attached hydrogen (secondary N) is 1. The first-order chi connectivity index (χ1) is 10.7. The van der Waals surface area contributed by atoms with Crippen molar-refractivity contribution in [1.29, 1.82) is 0 Å². The summed E-state index contributed by atoms with van der Waals surface area (Å²) < 4.78 is 33.3. The van der Waals surface area contributed by atoms with Crippen LogP contribution in [-0.4, -0.2) is 15.5 Å². The number of methoxy groups -OCH3 is 1. The van der Waals surface area contributed by atoms with Gasteiger partial charge in [-0.1, -0.05) is 31.5 Å². The lowest BCUT2D eigenvalue weighted by molar-refractivity contribution is 0.406.